The van der Waals surface area contributed by atoms with Gasteiger partial charge in [-0.1, -0.05) is 26.2 Å². The molecule has 19 heavy (non-hydrogen) atoms. The third-order valence-corrected chi connectivity index (χ3v) is 4.84. The fourth-order valence-electron chi connectivity index (χ4n) is 3.46. The lowest BCUT2D eigenvalue weighted by Crippen LogP contribution is -2.41. The molecule has 1 aromatic rings. The molecule has 108 valence electrons. The van der Waals surface area contributed by atoms with Crippen molar-refractivity contribution in [2.24, 2.45) is 17.1 Å². The van der Waals surface area contributed by atoms with Crippen molar-refractivity contribution >= 4 is 0 Å². The number of rotatable bonds is 5. The van der Waals surface area contributed by atoms with Gasteiger partial charge in [0.2, 0.25) is 0 Å². The van der Waals surface area contributed by atoms with Crippen LogP contribution in [0, 0.1) is 11.3 Å². The summed E-state index contributed by atoms with van der Waals surface area (Å²) in [7, 11) is 0. The second-order valence-corrected chi connectivity index (χ2v) is 5.97. The van der Waals surface area contributed by atoms with Gasteiger partial charge in [-0.2, -0.15) is 5.10 Å². The van der Waals surface area contributed by atoms with Crippen molar-refractivity contribution in [2.75, 3.05) is 6.54 Å². The molecule has 1 aromatic heterocycles. The average Bonchev–Trinajstić information content (AvgIpc) is 2.95. The topological polar surface area (TPSA) is 64.1 Å². The summed E-state index contributed by atoms with van der Waals surface area (Å²) in [6.45, 7) is 5.68. The molecule has 1 saturated carbocycles. The van der Waals surface area contributed by atoms with E-state index in [1.165, 1.54) is 19.3 Å². The highest BCUT2D eigenvalue weighted by Crippen LogP contribution is 2.47. The zero-order valence-corrected chi connectivity index (χ0v) is 12.2. The average molecular weight is 265 g/mol. The zero-order chi connectivity index (χ0) is 13.9. The van der Waals surface area contributed by atoms with E-state index in [4.69, 9.17) is 5.73 Å². The van der Waals surface area contributed by atoms with Gasteiger partial charge in [-0.05, 0) is 25.7 Å². The highest BCUT2D eigenvalue weighted by Gasteiger charge is 2.41. The van der Waals surface area contributed by atoms with E-state index in [0.717, 1.165) is 24.9 Å². The smallest absolute Gasteiger partial charge is 0.0888 e. The molecule has 3 N–H and O–H groups in total. The number of aryl methyl sites for hydroxylation is 1. The highest BCUT2D eigenvalue weighted by atomic mass is 16.3. The Kier molecular flexibility index (Phi) is 4.63. The molecule has 0 amide bonds. The maximum atomic E-state index is 10.8. The minimum absolute atomic E-state index is 0.152. The monoisotopic (exact) mass is 265 g/mol. The fourth-order valence-corrected chi connectivity index (χ4v) is 3.46. The van der Waals surface area contributed by atoms with Crippen LogP contribution in [0.25, 0.3) is 0 Å². The Labute approximate surface area is 116 Å². The van der Waals surface area contributed by atoms with Gasteiger partial charge in [0.1, 0.15) is 0 Å². The molecular formula is C15H27N3O. The standard InChI is InChI=1S/C15H27N3O/c1-3-12-6-5-7-15(8-12,11-16)14(19)13-9-17-18(4-2)10-13/h9-10,12,14,19H,3-8,11,16H2,1-2H3. The number of nitrogens with zero attached hydrogens (tertiary/aromatic N) is 2. The Bertz CT molecular complexity index is 404. The van der Waals surface area contributed by atoms with Crippen LogP contribution in [0.2, 0.25) is 0 Å². The summed E-state index contributed by atoms with van der Waals surface area (Å²) in [5.41, 5.74) is 6.81. The van der Waals surface area contributed by atoms with E-state index in [1.807, 2.05) is 10.9 Å². The Morgan fingerprint density at radius 1 is 1.58 bits per heavy atom. The molecule has 1 aliphatic rings. The van der Waals surface area contributed by atoms with Gasteiger partial charge in [0.05, 0.1) is 12.3 Å². The maximum absolute atomic E-state index is 10.8. The van der Waals surface area contributed by atoms with Gasteiger partial charge < -0.3 is 10.8 Å². The molecule has 2 rings (SSSR count). The normalized spacial score (nSPS) is 29.4. The first-order chi connectivity index (χ1) is 9.15. The summed E-state index contributed by atoms with van der Waals surface area (Å²) in [5, 5.41) is 15.1. The van der Waals surface area contributed by atoms with Crippen LogP contribution >= 0.6 is 0 Å². The first-order valence-electron chi connectivity index (χ1n) is 7.55. The Balaban J connectivity index is 2.19. The molecule has 1 aliphatic carbocycles. The van der Waals surface area contributed by atoms with Gasteiger partial charge in [-0.3, -0.25) is 4.68 Å². The van der Waals surface area contributed by atoms with Crippen LogP contribution in [-0.4, -0.2) is 21.4 Å². The molecule has 0 bridgehead atoms. The summed E-state index contributed by atoms with van der Waals surface area (Å²) < 4.78 is 1.86. The first-order valence-corrected chi connectivity index (χ1v) is 7.55. The molecule has 1 heterocycles. The minimum Gasteiger partial charge on any atom is -0.388 e. The second-order valence-electron chi connectivity index (χ2n) is 5.97. The number of aliphatic hydroxyl groups is 1. The van der Waals surface area contributed by atoms with Crippen LogP contribution < -0.4 is 5.73 Å². The van der Waals surface area contributed by atoms with Crippen LogP contribution in [0.3, 0.4) is 0 Å². The van der Waals surface area contributed by atoms with Crippen LogP contribution in [0.5, 0.6) is 0 Å². The lowest BCUT2D eigenvalue weighted by atomic mass is 9.65. The van der Waals surface area contributed by atoms with Crippen molar-refractivity contribution in [3.8, 4) is 0 Å². The predicted octanol–water partition coefficient (Wildman–Crippen LogP) is 2.48. The van der Waals surface area contributed by atoms with E-state index >= 15 is 0 Å². The van der Waals surface area contributed by atoms with E-state index in [0.29, 0.717) is 12.5 Å². The van der Waals surface area contributed by atoms with E-state index < -0.39 is 6.10 Å². The van der Waals surface area contributed by atoms with E-state index in [1.54, 1.807) is 6.20 Å². The lowest BCUT2D eigenvalue weighted by Gasteiger charge is -2.43. The van der Waals surface area contributed by atoms with Crippen molar-refractivity contribution in [3.63, 3.8) is 0 Å². The molecular weight excluding hydrogens is 238 g/mol. The molecule has 3 atom stereocenters. The van der Waals surface area contributed by atoms with Crippen molar-refractivity contribution in [1.82, 2.24) is 9.78 Å². The van der Waals surface area contributed by atoms with Crippen LogP contribution in [0.1, 0.15) is 57.6 Å². The second kappa shape index (κ2) is 6.06. The largest absolute Gasteiger partial charge is 0.388 e. The molecule has 4 heteroatoms. The van der Waals surface area contributed by atoms with Crippen molar-refractivity contribution in [1.29, 1.82) is 0 Å². The van der Waals surface area contributed by atoms with Crippen LogP contribution in [-0.2, 0) is 6.54 Å². The van der Waals surface area contributed by atoms with Gasteiger partial charge in [0.25, 0.3) is 0 Å². The van der Waals surface area contributed by atoms with Gasteiger partial charge in [0, 0.05) is 30.3 Å². The summed E-state index contributed by atoms with van der Waals surface area (Å²) in [4.78, 5) is 0. The SMILES string of the molecule is CCC1CCCC(CN)(C(O)c2cnn(CC)c2)C1. The number of hydrogen-bond donors (Lipinski definition) is 2. The summed E-state index contributed by atoms with van der Waals surface area (Å²) in [5.74, 6) is 0.702. The lowest BCUT2D eigenvalue weighted by molar-refractivity contribution is -0.0162. The summed E-state index contributed by atoms with van der Waals surface area (Å²) in [6.07, 6.45) is 8.97. The van der Waals surface area contributed by atoms with Gasteiger partial charge in [-0.15, -0.1) is 0 Å². The molecule has 0 saturated heterocycles. The molecule has 3 unspecified atom stereocenters. The Morgan fingerprint density at radius 3 is 2.95 bits per heavy atom. The number of aliphatic hydroxyl groups excluding tert-OH is 1. The number of hydrogen-bond acceptors (Lipinski definition) is 3. The van der Waals surface area contributed by atoms with Gasteiger partial charge in [-0.25, -0.2) is 0 Å². The Morgan fingerprint density at radius 2 is 2.37 bits per heavy atom. The molecule has 0 aromatic carbocycles. The van der Waals surface area contributed by atoms with Crippen molar-refractivity contribution < 1.29 is 5.11 Å². The zero-order valence-electron chi connectivity index (χ0n) is 12.2. The fraction of sp³-hybridized carbons (Fsp3) is 0.800. The summed E-state index contributed by atoms with van der Waals surface area (Å²) >= 11 is 0. The van der Waals surface area contributed by atoms with E-state index in [2.05, 4.69) is 18.9 Å². The number of nitrogens with two attached hydrogens (primary N) is 1. The van der Waals surface area contributed by atoms with Gasteiger partial charge in [0.15, 0.2) is 0 Å². The van der Waals surface area contributed by atoms with E-state index in [9.17, 15) is 5.11 Å². The molecule has 1 fully saturated rings. The number of aromatic nitrogens is 2. The molecule has 0 radical (unpaired) electrons. The quantitative estimate of drug-likeness (QED) is 0.859. The van der Waals surface area contributed by atoms with Crippen molar-refractivity contribution in [2.45, 2.75) is 58.6 Å². The Hall–Kier alpha value is -0.870. The summed E-state index contributed by atoms with van der Waals surface area (Å²) in [6, 6.07) is 0. The molecule has 4 nitrogen and oxygen atoms in total. The minimum atomic E-state index is -0.479. The van der Waals surface area contributed by atoms with Crippen LogP contribution in [0.4, 0.5) is 0 Å². The first kappa shape index (κ1) is 14.5. The van der Waals surface area contributed by atoms with Crippen molar-refractivity contribution in [3.05, 3.63) is 18.0 Å². The third-order valence-electron chi connectivity index (χ3n) is 4.84. The predicted molar refractivity (Wildman–Crippen MR) is 76.6 cm³/mol. The van der Waals surface area contributed by atoms with E-state index in [-0.39, 0.29) is 5.41 Å². The van der Waals surface area contributed by atoms with Crippen LogP contribution in [0.15, 0.2) is 12.4 Å². The molecule has 0 aliphatic heterocycles. The maximum Gasteiger partial charge on any atom is 0.0888 e. The molecule has 0 spiro atoms. The highest BCUT2D eigenvalue weighted by molar-refractivity contribution is 5.13. The van der Waals surface area contributed by atoms with Gasteiger partial charge >= 0.3 is 0 Å². The third kappa shape index (κ3) is 2.84.